The van der Waals surface area contributed by atoms with Crippen molar-refractivity contribution < 1.29 is 0 Å². The fourth-order valence-electron chi connectivity index (χ4n) is 3.31. The molecule has 2 atom stereocenters. The Labute approximate surface area is 119 Å². The highest BCUT2D eigenvalue weighted by atomic mass is 32.1. The maximum atomic E-state index is 5.99. The highest BCUT2D eigenvalue weighted by molar-refractivity contribution is 7.09. The Bertz CT molecular complexity index is 386. The molecule has 0 radical (unpaired) electrons. The third-order valence-electron chi connectivity index (χ3n) is 4.70. The highest BCUT2D eigenvalue weighted by Crippen LogP contribution is 2.29. The largest absolute Gasteiger partial charge is 0.328 e. The van der Waals surface area contributed by atoms with Crippen molar-refractivity contribution in [2.45, 2.75) is 44.3 Å². The quantitative estimate of drug-likeness (QED) is 0.915. The van der Waals surface area contributed by atoms with Gasteiger partial charge in [-0.3, -0.25) is 14.8 Å². The van der Waals surface area contributed by atoms with Crippen molar-refractivity contribution in [3.63, 3.8) is 0 Å². The molecule has 0 amide bonds. The molecule has 0 aliphatic carbocycles. The lowest BCUT2D eigenvalue weighted by Gasteiger charge is -2.35. The topological polar surface area (TPSA) is 45.4 Å². The molecule has 0 bridgehead atoms. The Morgan fingerprint density at radius 2 is 2.11 bits per heavy atom. The number of hydrogen-bond acceptors (Lipinski definition) is 5. The number of nitrogens with zero attached hydrogens (tertiary/aromatic N) is 3. The van der Waals surface area contributed by atoms with Gasteiger partial charge in [0, 0.05) is 42.3 Å². The number of likely N-dealkylation sites (tertiary alicyclic amines) is 2. The van der Waals surface area contributed by atoms with Crippen molar-refractivity contribution in [1.82, 2.24) is 14.8 Å². The van der Waals surface area contributed by atoms with Crippen molar-refractivity contribution in [2.75, 3.05) is 26.2 Å². The van der Waals surface area contributed by atoms with Crippen LogP contribution in [0.2, 0.25) is 0 Å². The molecule has 3 heterocycles. The first kappa shape index (κ1) is 13.5. The molecule has 4 nitrogen and oxygen atoms in total. The molecular weight excluding hydrogens is 256 g/mol. The minimum atomic E-state index is 0.435. The van der Waals surface area contributed by atoms with Crippen LogP contribution >= 0.6 is 11.3 Å². The number of piperidine rings is 1. The van der Waals surface area contributed by atoms with E-state index in [-0.39, 0.29) is 0 Å². The van der Waals surface area contributed by atoms with Crippen molar-refractivity contribution in [3.8, 4) is 0 Å². The average Bonchev–Trinajstić information content (AvgIpc) is 3.10. The molecule has 0 saturated carbocycles. The van der Waals surface area contributed by atoms with Crippen LogP contribution in [0.5, 0.6) is 0 Å². The Balaban J connectivity index is 1.55. The number of nitrogens with two attached hydrogens (primary N) is 1. The van der Waals surface area contributed by atoms with Crippen molar-refractivity contribution in [1.29, 1.82) is 0 Å². The minimum absolute atomic E-state index is 0.435. The van der Waals surface area contributed by atoms with E-state index >= 15 is 0 Å². The fourth-order valence-corrected chi connectivity index (χ4v) is 4.03. The molecule has 0 spiro atoms. The van der Waals surface area contributed by atoms with E-state index in [4.69, 9.17) is 5.73 Å². The molecule has 2 aliphatic rings. The fraction of sp³-hybridized carbons (Fsp3) is 0.786. The molecule has 1 aromatic heterocycles. The molecular formula is C14H24N4S. The van der Waals surface area contributed by atoms with Gasteiger partial charge >= 0.3 is 0 Å². The molecule has 2 aliphatic heterocycles. The molecule has 2 unspecified atom stereocenters. The summed E-state index contributed by atoms with van der Waals surface area (Å²) >= 11 is 1.77. The number of thiazole rings is 1. The summed E-state index contributed by atoms with van der Waals surface area (Å²) in [7, 11) is 0. The maximum Gasteiger partial charge on any atom is 0.0794 e. The van der Waals surface area contributed by atoms with Gasteiger partial charge in [0.2, 0.25) is 0 Å². The first-order valence-electron chi connectivity index (χ1n) is 7.36. The molecule has 19 heavy (non-hydrogen) atoms. The summed E-state index contributed by atoms with van der Waals surface area (Å²) in [6.45, 7) is 7.10. The Morgan fingerprint density at radius 1 is 1.32 bits per heavy atom. The van der Waals surface area contributed by atoms with E-state index < -0.39 is 0 Å². The second kappa shape index (κ2) is 5.87. The molecule has 5 heteroatoms. The van der Waals surface area contributed by atoms with Crippen molar-refractivity contribution in [2.24, 2.45) is 5.73 Å². The van der Waals surface area contributed by atoms with E-state index in [2.05, 4.69) is 21.7 Å². The van der Waals surface area contributed by atoms with Crippen LogP contribution < -0.4 is 5.73 Å². The summed E-state index contributed by atoms with van der Waals surface area (Å²) in [5.74, 6) is 0. The first-order chi connectivity index (χ1) is 9.24. The van der Waals surface area contributed by atoms with Gasteiger partial charge < -0.3 is 5.73 Å². The average molecular weight is 280 g/mol. The van der Waals surface area contributed by atoms with Gasteiger partial charge in [-0.2, -0.15) is 0 Å². The smallest absolute Gasteiger partial charge is 0.0794 e. The predicted octanol–water partition coefficient (Wildman–Crippen LogP) is 1.70. The molecule has 2 saturated heterocycles. The first-order valence-corrected chi connectivity index (χ1v) is 8.24. The van der Waals surface area contributed by atoms with Gasteiger partial charge in [0.15, 0.2) is 0 Å². The van der Waals surface area contributed by atoms with Gasteiger partial charge in [0.1, 0.15) is 0 Å². The van der Waals surface area contributed by atoms with Gasteiger partial charge in [-0.1, -0.05) is 0 Å². The van der Waals surface area contributed by atoms with Crippen molar-refractivity contribution >= 4 is 11.3 Å². The third-order valence-corrected chi connectivity index (χ3v) is 5.64. The number of hydrogen-bond donors (Lipinski definition) is 1. The summed E-state index contributed by atoms with van der Waals surface area (Å²) in [5.41, 5.74) is 7.93. The third kappa shape index (κ3) is 2.99. The highest BCUT2D eigenvalue weighted by Gasteiger charge is 2.32. The standard InChI is InChI=1S/C14H24N4S/c1-11(14-8-16-10-19-14)18-7-4-13(9-18)17-5-2-12(15)3-6-17/h8,10-13H,2-7,9,15H2,1H3. The Hall–Kier alpha value is -0.490. The van der Waals surface area contributed by atoms with Crippen LogP contribution in [0.25, 0.3) is 0 Å². The summed E-state index contributed by atoms with van der Waals surface area (Å²) in [6, 6.07) is 1.69. The monoisotopic (exact) mass is 280 g/mol. The zero-order valence-corrected chi connectivity index (χ0v) is 12.5. The van der Waals surface area contributed by atoms with Crippen LogP contribution in [0.4, 0.5) is 0 Å². The van der Waals surface area contributed by atoms with Crippen LogP contribution in [0, 0.1) is 0 Å². The van der Waals surface area contributed by atoms with Crippen LogP contribution in [-0.4, -0.2) is 53.0 Å². The second-order valence-corrected chi connectivity index (χ2v) is 6.81. The van der Waals surface area contributed by atoms with E-state index in [9.17, 15) is 0 Å². The molecule has 3 rings (SSSR count). The minimum Gasteiger partial charge on any atom is -0.328 e. The lowest BCUT2D eigenvalue weighted by atomic mass is 10.0. The van der Waals surface area contributed by atoms with Crippen LogP contribution in [-0.2, 0) is 0 Å². The Kier molecular flexibility index (Phi) is 4.17. The van der Waals surface area contributed by atoms with Gasteiger partial charge in [-0.15, -0.1) is 11.3 Å². The van der Waals surface area contributed by atoms with E-state index in [0.717, 1.165) is 6.04 Å². The zero-order chi connectivity index (χ0) is 13.2. The summed E-state index contributed by atoms with van der Waals surface area (Å²) in [4.78, 5) is 10.8. The van der Waals surface area contributed by atoms with Crippen LogP contribution in [0.3, 0.4) is 0 Å². The SMILES string of the molecule is CC(c1cncs1)N1CCC(N2CCC(N)CC2)C1. The number of rotatable bonds is 3. The van der Waals surface area contributed by atoms with Crippen molar-refractivity contribution in [3.05, 3.63) is 16.6 Å². The maximum absolute atomic E-state index is 5.99. The van der Waals surface area contributed by atoms with Gasteiger partial charge in [-0.05, 0) is 39.3 Å². The van der Waals surface area contributed by atoms with Gasteiger partial charge in [0.05, 0.1) is 5.51 Å². The summed E-state index contributed by atoms with van der Waals surface area (Å²) in [5, 5.41) is 0. The molecule has 2 N–H and O–H groups in total. The second-order valence-electron chi connectivity index (χ2n) is 5.89. The van der Waals surface area contributed by atoms with Gasteiger partial charge in [0.25, 0.3) is 0 Å². The molecule has 1 aromatic rings. The van der Waals surface area contributed by atoms with E-state index in [1.54, 1.807) is 11.3 Å². The van der Waals surface area contributed by atoms with E-state index in [1.807, 2.05) is 11.7 Å². The lowest BCUT2D eigenvalue weighted by Crippen LogP contribution is -2.46. The van der Waals surface area contributed by atoms with E-state index in [0.29, 0.717) is 12.1 Å². The summed E-state index contributed by atoms with van der Waals surface area (Å²) in [6.07, 6.45) is 5.66. The number of aromatic nitrogens is 1. The molecule has 0 aromatic carbocycles. The normalized spacial score (nSPS) is 28.8. The molecule has 2 fully saturated rings. The van der Waals surface area contributed by atoms with Gasteiger partial charge in [-0.25, -0.2) is 0 Å². The predicted molar refractivity (Wildman–Crippen MR) is 79.3 cm³/mol. The summed E-state index contributed by atoms with van der Waals surface area (Å²) < 4.78 is 0. The zero-order valence-electron chi connectivity index (χ0n) is 11.7. The van der Waals surface area contributed by atoms with E-state index in [1.165, 1.54) is 50.3 Å². The lowest BCUT2D eigenvalue weighted by molar-refractivity contribution is 0.146. The molecule has 106 valence electrons. The Morgan fingerprint density at radius 3 is 2.79 bits per heavy atom. The van der Waals surface area contributed by atoms with Crippen LogP contribution in [0.1, 0.15) is 37.1 Å². The van der Waals surface area contributed by atoms with Crippen LogP contribution in [0.15, 0.2) is 11.7 Å².